The van der Waals surface area contributed by atoms with Gasteiger partial charge in [0.1, 0.15) is 5.56 Å². The van der Waals surface area contributed by atoms with Crippen LogP contribution in [0.25, 0.3) is 0 Å². The molecule has 4 aliphatic rings. The van der Waals surface area contributed by atoms with Crippen molar-refractivity contribution >= 4 is 46.9 Å². The number of para-hydroxylation sites is 2. The lowest BCUT2D eigenvalue weighted by atomic mass is 9.47. The fraction of sp³-hybridized carbons (Fsp3) is 0.125. The van der Waals surface area contributed by atoms with Crippen LogP contribution in [0.15, 0.2) is 102 Å². The molecule has 10 heteroatoms. The largest absolute Gasteiger partial charge is 0.282 e. The van der Waals surface area contributed by atoms with Crippen LogP contribution < -0.4 is 10.3 Å². The number of halogens is 1. The van der Waals surface area contributed by atoms with Gasteiger partial charge in [-0.1, -0.05) is 84.4 Å². The summed E-state index contributed by atoms with van der Waals surface area (Å²) in [5.74, 6) is -3.52. The van der Waals surface area contributed by atoms with Crippen LogP contribution in [0.3, 0.4) is 0 Å². The zero-order valence-corrected chi connectivity index (χ0v) is 22.6. The van der Waals surface area contributed by atoms with E-state index in [2.05, 4.69) is 10.5 Å². The molecule has 1 aliphatic heterocycles. The monoisotopic (exact) mass is 576 g/mol. The van der Waals surface area contributed by atoms with Crippen LogP contribution in [0.2, 0.25) is 5.02 Å². The van der Waals surface area contributed by atoms with Crippen molar-refractivity contribution in [1.82, 2.24) is 5.43 Å². The van der Waals surface area contributed by atoms with E-state index in [1.165, 1.54) is 35.4 Å². The number of anilines is 1. The Balaban J connectivity index is 1.40. The molecule has 8 rings (SSSR count). The molecular weight excluding hydrogens is 556 g/mol. The smallest absolute Gasteiger partial charge is 0.274 e. The lowest BCUT2D eigenvalue weighted by Crippen LogP contribution is -2.54. The lowest BCUT2D eigenvalue weighted by molar-refractivity contribution is -0.385. The molecule has 4 aromatic carbocycles. The number of nitrogens with zero attached hydrogens (tertiary/aromatic N) is 3. The Labute approximate surface area is 244 Å². The molecule has 1 N–H and O–H groups in total. The average molecular weight is 577 g/mol. The number of hydrazone groups is 1. The molecule has 3 amide bonds. The SMILES string of the molecule is O=C(N/N=C/C12c3ccccc3C(c3ccccc31)C1C(=O)N(c3ccccc3Cl)C(=O)C12)c1ccccc1[N+](=O)[O-]. The minimum atomic E-state index is -1.22. The van der Waals surface area contributed by atoms with Crippen molar-refractivity contribution in [2.24, 2.45) is 16.9 Å². The average Bonchev–Trinajstić information content (AvgIpc) is 3.28. The summed E-state index contributed by atoms with van der Waals surface area (Å²) < 4.78 is 0. The number of hydrogen-bond donors (Lipinski definition) is 1. The quantitative estimate of drug-likeness (QED) is 0.151. The maximum Gasteiger partial charge on any atom is 0.282 e. The highest BCUT2D eigenvalue weighted by Gasteiger charge is 2.68. The summed E-state index contributed by atoms with van der Waals surface area (Å²) in [5.41, 5.74) is 4.43. The molecule has 0 saturated carbocycles. The second-order valence-corrected chi connectivity index (χ2v) is 10.9. The predicted molar refractivity (Wildman–Crippen MR) is 155 cm³/mol. The number of nitro groups is 1. The van der Waals surface area contributed by atoms with Crippen molar-refractivity contribution in [3.63, 3.8) is 0 Å². The fourth-order valence-electron chi connectivity index (χ4n) is 7.00. The molecular formula is C32H21ClN4O5. The van der Waals surface area contributed by atoms with Gasteiger partial charge in [-0.25, -0.2) is 10.3 Å². The number of amides is 3. The second kappa shape index (κ2) is 9.46. The summed E-state index contributed by atoms with van der Waals surface area (Å²) in [4.78, 5) is 53.7. The second-order valence-electron chi connectivity index (χ2n) is 10.5. The van der Waals surface area contributed by atoms with Crippen molar-refractivity contribution in [3.05, 3.63) is 140 Å². The zero-order chi connectivity index (χ0) is 29.2. The van der Waals surface area contributed by atoms with Gasteiger partial charge in [0.25, 0.3) is 11.6 Å². The molecule has 42 heavy (non-hydrogen) atoms. The number of carbonyl (C=O) groups excluding carboxylic acids is 3. The highest BCUT2D eigenvalue weighted by atomic mass is 35.5. The Kier molecular flexibility index (Phi) is 5.81. The minimum absolute atomic E-state index is 0.153. The third-order valence-corrected chi connectivity index (χ3v) is 8.88. The van der Waals surface area contributed by atoms with Gasteiger partial charge in [0.05, 0.1) is 32.9 Å². The van der Waals surface area contributed by atoms with E-state index in [0.29, 0.717) is 5.69 Å². The number of imide groups is 1. The summed E-state index contributed by atoms with van der Waals surface area (Å²) >= 11 is 6.48. The van der Waals surface area contributed by atoms with Crippen LogP contribution in [0, 0.1) is 22.0 Å². The summed E-state index contributed by atoms with van der Waals surface area (Å²) in [6.45, 7) is 0. The van der Waals surface area contributed by atoms with Crippen LogP contribution in [-0.2, 0) is 15.0 Å². The van der Waals surface area contributed by atoms with E-state index in [-0.39, 0.29) is 28.1 Å². The summed E-state index contributed by atoms with van der Waals surface area (Å²) in [6, 6.07) is 27.6. The van der Waals surface area contributed by atoms with Crippen molar-refractivity contribution in [1.29, 1.82) is 0 Å². The topological polar surface area (TPSA) is 122 Å². The van der Waals surface area contributed by atoms with Crippen LogP contribution in [-0.4, -0.2) is 28.9 Å². The molecule has 206 valence electrons. The van der Waals surface area contributed by atoms with Gasteiger partial charge in [-0.2, -0.15) is 5.10 Å². The first-order chi connectivity index (χ1) is 20.4. The van der Waals surface area contributed by atoms with Gasteiger partial charge in [0, 0.05) is 18.2 Å². The van der Waals surface area contributed by atoms with Crippen LogP contribution in [0.1, 0.15) is 38.5 Å². The summed E-state index contributed by atoms with van der Waals surface area (Å²) in [5, 5.41) is 16.1. The third-order valence-electron chi connectivity index (χ3n) is 8.56. The summed E-state index contributed by atoms with van der Waals surface area (Å²) in [6.07, 6.45) is 1.51. The Bertz CT molecular complexity index is 1820. The van der Waals surface area contributed by atoms with E-state index < -0.39 is 34.0 Å². The van der Waals surface area contributed by atoms with E-state index >= 15 is 0 Å². The van der Waals surface area contributed by atoms with Crippen molar-refractivity contribution < 1.29 is 19.3 Å². The van der Waals surface area contributed by atoms with E-state index in [1.807, 2.05) is 48.5 Å². The van der Waals surface area contributed by atoms with E-state index in [0.717, 1.165) is 22.3 Å². The van der Waals surface area contributed by atoms with Gasteiger partial charge in [-0.05, 0) is 40.5 Å². The number of rotatable bonds is 5. The Morgan fingerprint density at radius 3 is 2.14 bits per heavy atom. The summed E-state index contributed by atoms with van der Waals surface area (Å²) in [7, 11) is 0. The van der Waals surface area contributed by atoms with Crippen LogP contribution in [0.4, 0.5) is 11.4 Å². The van der Waals surface area contributed by atoms with Gasteiger partial charge in [-0.3, -0.25) is 24.5 Å². The molecule has 1 saturated heterocycles. The maximum absolute atomic E-state index is 14.4. The van der Waals surface area contributed by atoms with Crippen LogP contribution >= 0.6 is 11.6 Å². The first-order valence-electron chi connectivity index (χ1n) is 13.3. The van der Waals surface area contributed by atoms with Gasteiger partial charge in [-0.15, -0.1) is 0 Å². The van der Waals surface area contributed by atoms with Crippen molar-refractivity contribution in [2.75, 3.05) is 4.90 Å². The molecule has 9 nitrogen and oxygen atoms in total. The van der Waals surface area contributed by atoms with Crippen LogP contribution in [0.5, 0.6) is 0 Å². The predicted octanol–water partition coefficient (Wildman–Crippen LogP) is 5.21. The molecule has 0 radical (unpaired) electrons. The number of nitro benzene ring substituents is 1. The molecule has 3 aliphatic carbocycles. The zero-order valence-electron chi connectivity index (χ0n) is 21.8. The molecule has 2 bridgehead atoms. The third kappa shape index (κ3) is 3.43. The molecule has 2 unspecified atom stereocenters. The van der Waals surface area contributed by atoms with Gasteiger partial charge >= 0.3 is 0 Å². The van der Waals surface area contributed by atoms with Gasteiger partial charge < -0.3 is 0 Å². The number of hydrogen-bond acceptors (Lipinski definition) is 6. The molecule has 1 fully saturated rings. The number of benzene rings is 4. The lowest BCUT2D eigenvalue weighted by Gasteiger charge is -2.52. The minimum Gasteiger partial charge on any atom is -0.274 e. The number of nitrogens with one attached hydrogen (secondary N) is 1. The maximum atomic E-state index is 14.4. The molecule has 4 aromatic rings. The van der Waals surface area contributed by atoms with E-state index in [9.17, 15) is 24.5 Å². The Hall–Kier alpha value is -5.15. The Morgan fingerprint density at radius 2 is 1.48 bits per heavy atom. The fourth-order valence-corrected chi connectivity index (χ4v) is 7.22. The standard InChI is InChI=1S/C32H21ClN4O5/c33-23-14-6-8-16-25(23)36-30(39)27-26-18-9-1-4-12-21(18)32(28(27)31(36)40,22-13-5-2-10-19(22)26)17-34-35-29(38)20-11-3-7-15-24(20)37(41)42/h1-17,26-28H,(H,35,38)/b34-17+. The molecule has 2 atom stereocenters. The normalized spacial score (nSPS) is 23.5. The number of carbonyl (C=O) groups is 3. The van der Waals surface area contributed by atoms with Crippen molar-refractivity contribution in [2.45, 2.75) is 11.3 Å². The van der Waals surface area contributed by atoms with Gasteiger partial charge in [0.15, 0.2) is 0 Å². The first-order valence-corrected chi connectivity index (χ1v) is 13.6. The first kappa shape index (κ1) is 25.8. The Morgan fingerprint density at radius 1 is 0.881 bits per heavy atom. The van der Waals surface area contributed by atoms with Crippen molar-refractivity contribution in [3.8, 4) is 0 Å². The van der Waals surface area contributed by atoms with E-state index in [4.69, 9.17) is 11.6 Å². The molecule has 0 spiro atoms. The highest BCUT2D eigenvalue weighted by Crippen LogP contribution is 2.63. The van der Waals surface area contributed by atoms with Gasteiger partial charge in [0.2, 0.25) is 11.8 Å². The van der Waals surface area contributed by atoms with E-state index in [1.54, 1.807) is 24.3 Å². The molecule has 0 aromatic heterocycles. The molecule has 1 heterocycles. The highest BCUT2D eigenvalue weighted by molar-refractivity contribution is 6.36.